The zero-order chi connectivity index (χ0) is 13.1. The number of nitrogens with zero attached hydrogens (tertiary/aromatic N) is 2. The van der Waals surface area contributed by atoms with Gasteiger partial charge in [-0.1, -0.05) is 0 Å². The standard InChI is InChI=1S/C13H11Br2N3/c1-8-6-11(14)13(12(15)7-8)18-17-10-4-2-9(16)3-5-10/h2-7H,16H2,1H3. The van der Waals surface area contributed by atoms with Crippen LogP contribution >= 0.6 is 31.9 Å². The smallest absolute Gasteiger partial charge is 0.114 e. The van der Waals surface area contributed by atoms with E-state index in [9.17, 15) is 0 Å². The molecule has 0 aliphatic heterocycles. The molecular formula is C13H11Br2N3. The number of halogens is 2. The number of nitrogen functional groups attached to an aromatic ring is 1. The Bertz CT molecular complexity index is 569. The topological polar surface area (TPSA) is 50.7 Å². The first-order valence-electron chi connectivity index (χ1n) is 5.29. The molecule has 5 heteroatoms. The van der Waals surface area contributed by atoms with Crippen LogP contribution in [0.4, 0.5) is 17.1 Å². The SMILES string of the molecule is Cc1cc(Br)c(N=Nc2ccc(N)cc2)c(Br)c1. The van der Waals surface area contributed by atoms with E-state index < -0.39 is 0 Å². The van der Waals surface area contributed by atoms with Crippen LogP contribution in [0.3, 0.4) is 0 Å². The molecule has 0 aliphatic carbocycles. The van der Waals surface area contributed by atoms with Gasteiger partial charge in [-0.15, -0.1) is 5.11 Å². The van der Waals surface area contributed by atoms with Crippen molar-refractivity contribution < 1.29 is 0 Å². The molecule has 2 rings (SSSR count). The Morgan fingerprint density at radius 1 is 0.944 bits per heavy atom. The summed E-state index contributed by atoms with van der Waals surface area (Å²) in [6, 6.07) is 11.3. The van der Waals surface area contributed by atoms with Crippen molar-refractivity contribution in [2.45, 2.75) is 6.92 Å². The first-order chi connectivity index (χ1) is 8.56. The van der Waals surface area contributed by atoms with E-state index in [1.807, 2.05) is 31.2 Å². The summed E-state index contributed by atoms with van der Waals surface area (Å²) in [7, 11) is 0. The van der Waals surface area contributed by atoms with Gasteiger partial charge in [0.25, 0.3) is 0 Å². The molecule has 2 aromatic carbocycles. The summed E-state index contributed by atoms with van der Waals surface area (Å²) in [5, 5.41) is 8.42. The van der Waals surface area contributed by atoms with Crippen LogP contribution < -0.4 is 5.73 Å². The Kier molecular flexibility index (Phi) is 4.14. The highest BCUT2D eigenvalue weighted by Gasteiger charge is 2.05. The second-order valence-electron chi connectivity index (χ2n) is 3.87. The van der Waals surface area contributed by atoms with Crippen molar-refractivity contribution in [2.24, 2.45) is 10.2 Å². The maximum absolute atomic E-state index is 5.61. The summed E-state index contributed by atoms with van der Waals surface area (Å²) in [6.45, 7) is 2.02. The lowest BCUT2D eigenvalue weighted by atomic mass is 10.2. The molecule has 0 heterocycles. The molecule has 0 bridgehead atoms. The molecule has 0 saturated carbocycles. The van der Waals surface area contributed by atoms with Crippen molar-refractivity contribution in [2.75, 3.05) is 5.73 Å². The fourth-order valence-electron chi connectivity index (χ4n) is 1.44. The van der Waals surface area contributed by atoms with E-state index in [4.69, 9.17) is 5.73 Å². The Balaban J connectivity index is 2.31. The lowest BCUT2D eigenvalue weighted by Crippen LogP contribution is -1.80. The van der Waals surface area contributed by atoms with Crippen LogP contribution in [0.1, 0.15) is 5.56 Å². The third-order valence-corrected chi connectivity index (χ3v) is 3.53. The number of hydrogen-bond donors (Lipinski definition) is 1. The van der Waals surface area contributed by atoms with Gasteiger partial charge in [0.15, 0.2) is 0 Å². The molecule has 0 radical (unpaired) electrons. The van der Waals surface area contributed by atoms with Gasteiger partial charge >= 0.3 is 0 Å². The Morgan fingerprint density at radius 2 is 1.50 bits per heavy atom. The van der Waals surface area contributed by atoms with Gasteiger partial charge in [-0.3, -0.25) is 0 Å². The van der Waals surface area contributed by atoms with Gasteiger partial charge < -0.3 is 5.73 Å². The fourth-order valence-corrected chi connectivity index (χ4v) is 3.01. The van der Waals surface area contributed by atoms with Gasteiger partial charge in [0, 0.05) is 14.6 Å². The van der Waals surface area contributed by atoms with Gasteiger partial charge in [-0.05, 0) is 80.7 Å². The minimum atomic E-state index is 0.714. The fraction of sp³-hybridized carbons (Fsp3) is 0.0769. The average Bonchev–Trinajstić information content (AvgIpc) is 2.30. The van der Waals surface area contributed by atoms with Gasteiger partial charge in [-0.2, -0.15) is 5.11 Å². The lowest BCUT2D eigenvalue weighted by molar-refractivity contribution is 1.21. The number of benzene rings is 2. The third-order valence-electron chi connectivity index (χ3n) is 2.32. The number of nitrogens with two attached hydrogens (primary N) is 1. The molecule has 2 aromatic rings. The van der Waals surface area contributed by atoms with Crippen LogP contribution in [0, 0.1) is 6.92 Å². The highest BCUT2D eigenvalue weighted by Crippen LogP contribution is 2.35. The summed E-state index contributed by atoms with van der Waals surface area (Å²) in [5.74, 6) is 0. The number of anilines is 1. The summed E-state index contributed by atoms with van der Waals surface area (Å²) in [4.78, 5) is 0. The molecule has 0 unspecified atom stereocenters. The molecule has 0 aromatic heterocycles. The first-order valence-corrected chi connectivity index (χ1v) is 6.88. The monoisotopic (exact) mass is 367 g/mol. The molecule has 0 aliphatic rings. The van der Waals surface area contributed by atoms with Gasteiger partial charge in [0.05, 0.1) is 5.69 Å². The molecule has 0 atom stereocenters. The summed E-state index contributed by atoms with van der Waals surface area (Å²) in [5.41, 5.74) is 9.02. The van der Waals surface area contributed by atoms with E-state index in [2.05, 4.69) is 42.1 Å². The van der Waals surface area contributed by atoms with Crippen molar-refractivity contribution >= 4 is 48.9 Å². The molecule has 0 spiro atoms. The van der Waals surface area contributed by atoms with Crippen LogP contribution in [0.15, 0.2) is 55.6 Å². The Morgan fingerprint density at radius 3 is 2.06 bits per heavy atom. The molecule has 2 N–H and O–H groups in total. The van der Waals surface area contributed by atoms with Crippen LogP contribution in [-0.4, -0.2) is 0 Å². The first kappa shape index (κ1) is 13.2. The number of aryl methyl sites for hydroxylation is 1. The summed E-state index contributed by atoms with van der Waals surface area (Å²) in [6.07, 6.45) is 0. The van der Waals surface area contributed by atoms with Gasteiger partial charge in [-0.25, -0.2) is 0 Å². The van der Waals surface area contributed by atoms with Crippen LogP contribution in [0.5, 0.6) is 0 Å². The number of rotatable bonds is 2. The minimum Gasteiger partial charge on any atom is -0.399 e. The van der Waals surface area contributed by atoms with E-state index in [1.165, 1.54) is 0 Å². The van der Waals surface area contributed by atoms with Crippen LogP contribution in [0.2, 0.25) is 0 Å². The van der Waals surface area contributed by atoms with Crippen LogP contribution in [-0.2, 0) is 0 Å². The van der Waals surface area contributed by atoms with Crippen molar-refractivity contribution in [3.05, 3.63) is 50.9 Å². The van der Waals surface area contributed by atoms with Gasteiger partial charge in [0.2, 0.25) is 0 Å². The van der Waals surface area contributed by atoms with E-state index in [0.29, 0.717) is 5.69 Å². The highest BCUT2D eigenvalue weighted by atomic mass is 79.9. The second-order valence-corrected chi connectivity index (χ2v) is 5.58. The zero-order valence-electron chi connectivity index (χ0n) is 9.69. The lowest BCUT2D eigenvalue weighted by Gasteiger charge is -2.02. The predicted molar refractivity (Wildman–Crippen MR) is 81.6 cm³/mol. The third kappa shape index (κ3) is 3.17. The number of hydrogen-bond acceptors (Lipinski definition) is 3. The van der Waals surface area contributed by atoms with E-state index in [0.717, 1.165) is 25.9 Å². The highest BCUT2D eigenvalue weighted by molar-refractivity contribution is 9.11. The van der Waals surface area contributed by atoms with Gasteiger partial charge in [0.1, 0.15) is 5.69 Å². The predicted octanol–water partition coefficient (Wildman–Crippen LogP) is 5.52. The Labute approximate surface area is 122 Å². The molecule has 18 heavy (non-hydrogen) atoms. The average molecular weight is 369 g/mol. The molecule has 92 valence electrons. The van der Waals surface area contributed by atoms with Crippen molar-refractivity contribution in [1.82, 2.24) is 0 Å². The van der Waals surface area contributed by atoms with Crippen molar-refractivity contribution in [3.8, 4) is 0 Å². The molecule has 3 nitrogen and oxygen atoms in total. The zero-order valence-corrected chi connectivity index (χ0v) is 12.9. The molecular weight excluding hydrogens is 358 g/mol. The van der Waals surface area contributed by atoms with Crippen molar-refractivity contribution in [3.63, 3.8) is 0 Å². The van der Waals surface area contributed by atoms with E-state index in [1.54, 1.807) is 12.1 Å². The quantitative estimate of drug-likeness (QED) is 0.550. The molecule has 0 amide bonds. The van der Waals surface area contributed by atoms with Crippen molar-refractivity contribution in [1.29, 1.82) is 0 Å². The summed E-state index contributed by atoms with van der Waals surface area (Å²) < 4.78 is 1.82. The largest absolute Gasteiger partial charge is 0.399 e. The second kappa shape index (κ2) is 5.63. The Hall–Kier alpha value is -1.20. The van der Waals surface area contributed by atoms with Crippen LogP contribution in [0.25, 0.3) is 0 Å². The maximum Gasteiger partial charge on any atom is 0.114 e. The minimum absolute atomic E-state index is 0.714. The number of azo groups is 1. The molecule has 0 saturated heterocycles. The van der Waals surface area contributed by atoms with E-state index in [-0.39, 0.29) is 0 Å². The molecule has 0 fully saturated rings. The maximum atomic E-state index is 5.61. The summed E-state index contributed by atoms with van der Waals surface area (Å²) >= 11 is 6.96. The normalized spacial score (nSPS) is 11.1. The van der Waals surface area contributed by atoms with E-state index >= 15 is 0 Å².